The lowest BCUT2D eigenvalue weighted by atomic mass is 9.88. The van der Waals surface area contributed by atoms with E-state index in [1.807, 2.05) is 6.07 Å². The van der Waals surface area contributed by atoms with Crippen LogP contribution in [0.4, 0.5) is 0 Å². The lowest BCUT2D eigenvalue weighted by Crippen LogP contribution is -2.37. The van der Waals surface area contributed by atoms with Crippen LogP contribution in [0.5, 0.6) is 5.75 Å². The van der Waals surface area contributed by atoms with Gasteiger partial charge in [0, 0.05) is 18.6 Å². The minimum absolute atomic E-state index is 0.241. The molecule has 1 aromatic carbocycles. The first-order valence-electron chi connectivity index (χ1n) is 7.91. The zero-order valence-electron chi connectivity index (χ0n) is 12.1. The van der Waals surface area contributed by atoms with Crippen LogP contribution in [0.2, 0.25) is 0 Å². The third kappa shape index (κ3) is 3.33. The standard InChI is InChI=1S/C17H25NO2/c18-16(8-3-6-15-7-4-10-19-15)14-11-13-5-1-2-9-17(13)20-12-14/h1-2,5,9,14-16H,3-4,6-8,10-12,18H2. The van der Waals surface area contributed by atoms with Gasteiger partial charge in [-0.15, -0.1) is 0 Å². The first-order chi connectivity index (χ1) is 9.83. The zero-order valence-corrected chi connectivity index (χ0v) is 12.1. The molecule has 1 aromatic rings. The monoisotopic (exact) mass is 275 g/mol. The maximum absolute atomic E-state index is 6.37. The van der Waals surface area contributed by atoms with Gasteiger partial charge in [-0.05, 0) is 50.2 Å². The summed E-state index contributed by atoms with van der Waals surface area (Å²) in [5.41, 5.74) is 7.67. The third-order valence-corrected chi connectivity index (χ3v) is 4.60. The normalized spacial score (nSPS) is 26.9. The largest absolute Gasteiger partial charge is 0.493 e. The fraction of sp³-hybridized carbons (Fsp3) is 0.647. The SMILES string of the molecule is NC(CCCC1CCCO1)C1COc2ccccc2C1. The van der Waals surface area contributed by atoms with Gasteiger partial charge in [0.25, 0.3) is 0 Å². The topological polar surface area (TPSA) is 44.5 Å². The van der Waals surface area contributed by atoms with E-state index in [1.54, 1.807) is 0 Å². The minimum atomic E-state index is 0.241. The molecule has 2 N–H and O–H groups in total. The molecule has 3 unspecified atom stereocenters. The van der Waals surface area contributed by atoms with Gasteiger partial charge in [-0.2, -0.15) is 0 Å². The molecule has 1 fully saturated rings. The summed E-state index contributed by atoms with van der Waals surface area (Å²) in [6, 6.07) is 8.55. The van der Waals surface area contributed by atoms with Crippen molar-refractivity contribution < 1.29 is 9.47 Å². The van der Waals surface area contributed by atoms with Gasteiger partial charge in [0.2, 0.25) is 0 Å². The van der Waals surface area contributed by atoms with Crippen molar-refractivity contribution in [1.29, 1.82) is 0 Å². The molecule has 3 nitrogen and oxygen atoms in total. The fourth-order valence-corrected chi connectivity index (χ4v) is 3.32. The van der Waals surface area contributed by atoms with Gasteiger partial charge in [-0.3, -0.25) is 0 Å². The van der Waals surface area contributed by atoms with Crippen molar-refractivity contribution in [3.05, 3.63) is 29.8 Å². The molecule has 2 aliphatic rings. The molecule has 110 valence electrons. The summed E-state index contributed by atoms with van der Waals surface area (Å²) < 4.78 is 11.5. The summed E-state index contributed by atoms with van der Waals surface area (Å²) in [5.74, 6) is 1.49. The molecule has 0 spiro atoms. The molecule has 0 radical (unpaired) electrons. The van der Waals surface area contributed by atoms with Crippen molar-refractivity contribution in [2.45, 2.75) is 50.7 Å². The zero-order chi connectivity index (χ0) is 13.8. The molecule has 1 saturated heterocycles. The Hall–Kier alpha value is -1.06. The van der Waals surface area contributed by atoms with Crippen LogP contribution in [0.15, 0.2) is 24.3 Å². The highest BCUT2D eigenvalue weighted by atomic mass is 16.5. The van der Waals surface area contributed by atoms with Gasteiger partial charge in [0.1, 0.15) is 5.75 Å². The molecule has 0 saturated carbocycles. The molecule has 3 atom stereocenters. The quantitative estimate of drug-likeness (QED) is 0.898. The Morgan fingerprint density at radius 2 is 2.20 bits per heavy atom. The average molecular weight is 275 g/mol. The molecular weight excluding hydrogens is 250 g/mol. The predicted octanol–water partition coefficient (Wildman–Crippen LogP) is 2.91. The summed E-state index contributed by atoms with van der Waals surface area (Å²) in [6.07, 6.45) is 7.42. The molecule has 0 amide bonds. The van der Waals surface area contributed by atoms with Gasteiger partial charge >= 0.3 is 0 Å². The fourth-order valence-electron chi connectivity index (χ4n) is 3.32. The molecule has 0 aromatic heterocycles. The number of nitrogens with two attached hydrogens (primary N) is 1. The average Bonchev–Trinajstić information content (AvgIpc) is 3.00. The smallest absolute Gasteiger partial charge is 0.122 e. The van der Waals surface area contributed by atoms with E-state index in [0.29, 0.717) is 12.0 Å². The van der Waals surface area contributed by atoms with Crippen LogP contribution in [0.25, 0.3) is 0 Å². The lowest BCUT2D eigenvalue weighted by Gasteiger charge is -2.29. The van der Waals surface area contributed by atoms with Crippen molar-refractivity contribution in [2.24, 2.45) is 11.7 Å². The Morgan fingerprint density at radius 3 is 3.05 bits per heavy atom. The van der Waals surface area contributed by atoms with Crippen LogP contribution in [-0.2, 0) is 11.2 Å². The molecule has 2 heterocycles. The highest BCUT2D eigenvalue weighted by Gasteiger charge is 2.25. The van der Waals surface area contributed by atoms with Gasteiger partial charge in [0.05, 0.1) is 12.7 Å². The first-order valence-corrected chi connectivity index (χ1v) is 7.91. The number of ether oxygens (including phenoxy) is 2. The number of hydrogen-bond donors (Lipinski definition) is 1. The first kappa shape index (κ1) is 13.9. The molecule has 3 rings (SSSR count). The number of fused-ring (bicyclic) bond motifs is 1. The predicted molar refractivity (Wildman–Crippen MR) is 79.9 cm³/mol. The van der Waals surface area contributed by atoms with Gasteiger partial charge < -0.3 is 15.2 Å². The maximum Gasteiger partial charge on any atom is 0.122 e. The highest BCUT2D eigenvalue weighted by Crippen LogP contribution is 2.29. The van der Waals surface area contributed by atoms with E-state index in [-0.39, 0.29) is 6.04 Å². The van der Waals surface area contributed by atoms with Crippen LogP contribution >= 0.6 is 0 Å². The van der Waals surface area contributed by atoms with Gasteiger partial charge in [0.15, 0.2) is 0 Å². The lowest BCUT2D eigenvalue weighted by molar-refractivity contribution is 0.100. The van der Waals surface area contributed by atoms with Crippen molar-refractivity contribution in [3.63, 3.8) is 0 Å². The number of benzene rings is 1. The van der Waals surface area contributed by atoms with Crippen molar-refractivity contribution in [1.82, 2.24) is 0 Å². The minimum Gasteiger partial charge on any atom is -0.493 e. The third-order valence-electron chi connectivity index (χ3n) is 4.60. The number of rotatable bonds is 5. The van der Waals surface area contributed by atoms with E-state index < -0.39 is 0 Å². The molecule has 2 aliphatic heterocycles. The second-order valence-electron chi connectivity index (χ2n) is 6.11. The summed E-state index contributed by atoms with van der Waals surface area (Å²) >= 11 is 0. The van der Waals surface area contributed by atoms with Crippen LogP contribution in [0, 0.1) is 5.92 Å². The van der Waals surface area contributed by atoms with Gasteiger partial charge in [-0.1, -0.05) is 18.2 Å². The Bertz CT molecular complexity index is 429. The molecule has 3 heteroatoms. The van der Waals surface area contributed by atoms with E-state index in [9.17, 15) is 0 Å². The van der Waals surface area contributed by atoms with E-state index in [1.165, 1.54) is 24.8 Å². The van der Waals surface area contributed by atoms with E-state index in [4.69, 9.17) is 15.2 Å². The summed E-state index contributed by atoms with van der Waals surface area (Å²) in [7, 11) is 0. The van der Waals surface area contributed by atoms with Crippen molar-refractivity contribution in [3.8, 4) is 5.75 Å². The van der Waals surface area contributed by atoms with Crippen LogP contribution < -0.4 is 10.5 Å². The summed E-state index contributed by atoms with van der Waals surface area (Å²) in [5, 5.41) is 0. The second kappa shape index (κ2) is 6.59. The molecule has 0 aliphatic carbocycles. The van der Waals surface area contributed by atoms with E-state index in [2.05, 4.69) is 18.2 Å². The Balaban J connectivity index is 1.45. The number of hydrogen-bond acceptors (Lipinski definition) is 3. The van der Waals surface area contributed by atoms with Crippen LogP contribution in [0.3, 0.4) is 0 Å². The summed E-state index contributed by atoms with van der Waals surface area (Å²) in [4.78, 5) is 0. The number of para-hydroxylation sites is 1. The van der Waals surface area contributed by atoms with Crippen LogP contribution in [0.1, 0.15) is 37.7 Å². The Morgan fingerprint density at radius 1 is 1.30 bits per heavy atom. The molecule has 20 heavy (non-hydrogen) atoms. The second-order valence-corrected chi connectivity index (χ2v) is 6.11. The van der Waals surface area contributed by atoms with E-state index >= 15 is 0 Å². The molecule has 0 bridgehead atoms. The summed E-state index contributed by atoms with van der Waals surface area (Å²) in [6.45, 7) is 1.71. The van der Waals surface area contributed by atoms with E-state index in [0.717, 1.165) is 38.2 Å². The maximum atomic E-state index is 6.37. The highest BCUT2D eigenvalue weighted by molar-refractivity contribution is 5.35. The Labute approximate surface area is 121 Å². The van der Waals surface area contributed by atoms with Crippen molar-refractivity contribution in [2.75, 3.05) is 13.2 Å². The Kier molecular flexibility index (Phi) is 4.58. The molecular formula is C17H25NO2. The van der Waals surface area contributed by atoms with Crippen molar-refractivity contribution >= 4 is 0 Å². The van der Waals surface area contributed by atoms with Gasteiger partial charge in [-0.25, -0.2) is 0 Å². The van der Waals surface area contributed by atoms with Crippen LogP contribution in [-0.4, -0.2) is 25.4 Å².